The number of allylic oxidation sites excluding steroid dienone is 1. The molecule has 7 heteroatoms. The third-order valence-corrected chi connectivity index (χ3v) is 4.86. The van der Waals surface area contributed by atoms with Crippen molar-refractivity contribution in [1.29, 1.82) is 0 Å². The predicted octanol–water partition coefficient (Wildman–Crippen LogP) is 2.78. The molecule has 0 radical (unpaired) electrons. The van der Waals surface area contributed by atoms with E-state index >= 15 is 0 Å². The highest BCUT2D eigenvalue weighted by molar-refractivity contribution is 7.12. The van der Waals surface area contributed by atoms with Crippen molar-refractivity contribution in [3.05, 3.63) is 58.3 Å². The Labute approximate surface area is 162 Å². The Hall–Kier alpha value is -2.77. The summed E-state index contributed by atoms with van der Waals surface area (Å²) >= 11 is 1.40. The quantitative estimate of drug-likeness (QED) is 0.574. The van der Waals surface area contributed by atoms with Crippen molar-refractivity contribution in [2.75, 3.05) is 20.3 Å². The standard InChI is InChI=1S/C20H24N2O4S/c1-4-17(20(24)22-8-9-23)19-18(13(2)21)14(12-27-19)11-26-16-7-5-6-15(10-16)25-3/h4-7,10,12,23H,2,8-9,11,21H2,1,3H3,(H,22,24)/b17-4+. The van der Waals surface area contributed by atoms with Gasteiger partial charge < -0.3 is 25.6 Å². The predicted molar refractivity (Wildman–Crippen MR) is 109 cm³/mol. The Balaban J connectivity index is 2.26. The van der Waals surface area contributed by atoms with E-state index in [1.54, 1.807) is 26.2 Å². The number of carbonyl (C=O) groups is 1. The largest absolute Gasteiger partial charge is 0.497 e. The van der Waals surface area contributed by atoms with E-state index in [2.05, 4.69) is 11.9 Å². The van der Waals surface area contributed by atoms with Crippen LogP contribution in [0.15, 0.2) is 42.3 Å². The molecule has 0 saturated carbocycles. The van der Waals surface area contributed by atoms with E-state index in [1.165, 1.54) is 11.3 Å². The van der Waals surface area contributed by atoms with Gasteiger partial charge in [0.25, 0.3) is 5.91 Å². The van der Waals surface area contributed by atoms with Gasteiger partial charge in [-0.05, 0) is 24.4 Å². The first-order valence-corrected chi connectivity index (χ1v) is 9.27. The van der Waals surface area contributed by atoms with Crippen LogP contribution in [0.1, 0.15) is 22.9 Å². The van der Waals surface area contributed by atoms with E-state index < -0.39 is 0 Å². The van der Waals surface area contributed by atoms with Crippen LogP contribution in [0.4, 0.5) is 0 Å². The molecule has 2 rings (SSSR count). The summed E-state index contributed by atoms with van der Waals surface area (Å²) in [5.74, 6) is 1.11. The van der Waals surface area contributed by atoms with E-state index in [0.29, 0.717) is 28.3 Å². The van der Waals surface area contributed by atoms with E-state index in [9.17, 15) is 4.79 Å². The first kappa shape index (κ1) is 20.5. The summed E-state index contributed by atoms with van der Waals surface area (Å²) in [6.07, 6.45) is 1.72. The number of nitrogens with two attached hydrogens (primary N) is 1. The number of aliphatic hydroxyl groups is 1. The van der Waals surface area contributed by atoms with Crippen molar-refractivity contribution in [1.82, 2.24) is 5.32 Å². The van der Waals surface area contributed by atoms with Gasteiger partial charge in [0.1, 0.15) is 18.1 Å². The fraction of sp³-hybridized carbons (Fsp3) is 0.250. The number of nitrogens with one attached hydrogen (secondary N) is 1. The third-order valence-electron chi connectivity index (χ3n) is 3.80. The molecule has 0 atom stereocenters. The van der Waals surface area contributed by atoms with E-state index in [0.717, 1.165) is 10.4 Å². The lowest BCUT2D eigenvalue weighted by molar-refractivity contribution is -0.115. The highest BCUT2D eigenvalue weighted by Crippen LogP contribution is 2.33. The molecule has 0 aliphatic carbocycles. The highest BCUT2D eigenvalue weighted by Gasteiger charge is 2.20. The smallest absolute Gasteiger partial charge is 0.252 e. The summed E-state index contributed by atoms with van der Waals surface area (Å²) in [6.45, 7) is 5.98. The lowest BCUT2D eigenvalue weighted by Crippen LogP contribution is -2.27. The average Bonchev–Trinajstić information content (AvgIpc) is 3.09. The van der Waals surface area contributed by atoms with Gasteiger partial charge >= 0.3 is 0 Å². The summed E-state index contributed by atoms with van der Waals surface area (Å²) in [7, 11) is 1.60. The third kappa shape index (κ3) is 5.12. The molecule has 6 nitrogen and oxygen atoms in total. The number of thiophene rings is 1. The summed E-state index contributed by atoms with van der Waals surface area (Å²) in [4.78, 5) is 13.1. The van der Waals surface area contributed by atoms with Gasteiger partial charge in [-0.2, -0.15) is 0 Å². The molecule has 0 fully saturated rings. The minimum Gasteiger partial charge on any atom is -0.497 e. The first-order chi connectivity index (χ1) is 13.0. The Bertz CT molecular complexity index is 842. The molecular weight excluding hydrogens is 364 g/mol. The SMILES string of the molecule is C=C(N)c1c(COc2cccc(OC)c2)csc1/C(=C\C)C(=O)NCCO. The Morgan fingerprint density at radius 1 is 1.41 bits per heavy atom. The lowest BCUT2D eigenvalue weighted by Gasteiger charge is -2.12. The minimum absolute atomic E-state index is 0.122. The van der Waals surface area contributed by atoms with Gasteiger partial charge in [0.15, 0.2) is 0 Å². The van der Waals surface area contributed by atoms with Crippen LogP contribution in [-0.4, -0.2) is 31.3 Å². The minimum atomic E-state index is -0.267. The average molecular weight is 388 g/mol. The number of carbonyl (C=O) groups excluding carboxylic acids is 1. The molecule has 0 aliphatic rings. The van der Waals surface area contributed by atoms with Crippen LogP contribution in [0.5, 0.6) is 11.5 Å². The van der Waals surface area contributed by atoms with Crippen molar-refractivity contribution >= 4 is 28.5 Å². The number of hydrogen-bond donors (Lipinski definition) is 3. The maximum Gasteiger partial charge on any atom is 0.252 e. The van der Waals surface area contributed by atoms with Gasteiger partial charge in [0.2, 0.25) is 0 Å². The molecule has 2 aromatic rings. The van der Waals surface area contributed by atoms with Crippen molar-refractivity contribution in [3.63, 3.8) is 0 Å². The Kier molecular flexibility index (Phi) is 7.45. The molecule has 1 amide bonds. The first-order valence-electron chi connectivity index (χ1n) is 8.39. The molecule has 0 unspecified atom stereocenters. The normalized spacial score (nSPS) is 11.1. The maximum absolute atomic E-state index is 12.4. The van der Waals surface area contributed by atoms with Crippen LogP contribution in [0.2, 0.25) is 0 Å². The fourth-order valence-electron chi connectivity index (χ4n) is 2.53. The van der Waals surface area contributed by atoms with Gasteiger partial charge in [-0.15, -0.1) is 11.3 Å². The van der Waals surface area contributed by atoms with Gasteiger partial charge in [-0.25, -0.2) is 0 Å². The molecule has 0 aliphatic heterocycles. The van der Waals surface area contributed by atoms with Crippen LogP contribution in [-0.2, 0) is 11.4 Å². The van der Waals surface area contributed by atoms with Crippen molar-refractivity contribution < 1.29 is 19.4 Å². The maximum atomic E-state index is 12.4. The zero-order chi connectivity index (χ0) is 19.8. The second-order valence-corrected chi connectivity index (χ2v) is 6.52. The van der Waals surface area contributed by atoms with Crippen molar-refractivity contribution in [3.8, 4) is 11.5 Å². The van der Waals surface area contributed by atoms with E-state index in [4.69, 9.17) is 20.3 Å². The summed E-state index contributed by atoms with van der Waals surface area (Å²) in [6, 6.07) is 7.32. The van der Waals surface area contributed by atoms with Gasteiger partial charge in [-0.1, -0.05) is 18.7 Å². The molecule has 0 saturated heterocycles. The molecule has 1 heterocycles. The second kappa shape index (κ2) is 9.80. The summed E-state index contributed by atoms with van der Waals surface area (Å²) < 4.78 is 11.1. The zero-order valence-electron chi connectivity index (χ0n) is 15.5. The summed E-state index contributed by atoms with van der Waals surface area (Å²) in [5, 5.41) is 13.5. The number of rotatable bonds is 9. The number of amides is 1. The Morgan fingerprint density at radius 3 is 2.78 bits per heavy atom. The van der Waals surface area contributed by atoms with Crippen LogP contribution < -0.4 is 20.5 Å². The number of hydrogen-bond acceptors (Lipinski definition) is 6. The molecule has 0 bridgehead atoms. The molecule has 1 aromatic carbocycles. The van der Waals surface area contributed by atoms with Crippen LogP contribution in [0.3, 0.4) is 0 Å². The number of benzene rings is 1. The van der Waals surface area contributed by atoms with E-state index in [-0.39, 0.29) is 25.7 Å². The molecule has 0 spiro atoms. The summed E-state index contributed by atoms with van der Waals surface area (Å²) in [5.41, 5.74) is 8.41. The van der Waals surface area contributed by atoms with Gasteiger partial charge in [0.05, 0.1) is 19.3 Å². The molecular formula is C20H24N2O4S. The van der Waals surface area contributed by atoms with Crippen molar-refractivity contribution in [2.24, 2.45) is 5.73 Å². The van der Waals surface area contributed by atoms with Crippen molar-refractivity contribution in [2.45, 2.75) is 13.5 Å². The monoisotopic (exact) mass is 388 g/mol. The lowest BCUT2D eigenvalue weighted by atomic mass is 10.0. The number of methoxy groups -OCH3 is 1. The molecule has 4 N–H and O–H groups in total. The topological polar surface area (TPSA) is 93.8 Å². The van der Waals surface area contributed by atoms with Crippen LogP contribution >= 0.6 is 11.3 Å². The van der Waals surface area contributed by atoms with Crippen LogP contribution in [0, 0.1) is 0 Å². The highest BCUT2D eigenvalue weighted by atomic mass is 32.1. The number of ether oxygens (including phenoxy) is 2. The second-order valence-electron chi connectivity index (χ2n) is 5.64. The molecule has 1 aromatic heterocycles. The van der Waals surface area contributed by atoms with Crippen LogP contribution in [0.25, 0.3) is 11.3 Å². The van der Waals surface area contributed by atoms with Gasteiger partial charge in [0, 0.05) is 34.3 Å². The molecule has 27 heavy (non-hydrogen) atoms. The zero-order valence-corrected chi connectivity index (χ0v) is 16.3. The Morgan fingerprint density at radius 2 is 2.15 bits per heavy atom. The number of aliphatic hydroxyl groups excluding tert-OH is 1. The fourth-order valence-corrected chi connectivity index (χ4v) is 3.70. The van der Waals surface area contributed by atoms with E-state index in [1.807, 2.05) is 23.6 Å². The molecule has 144 valence electrons. The van der Waals surface area contributed by atoms with Gasteiger partial charge in [-0.3, -0.25) is 4.79 Å².